The van der Waals surface area contributed by atoms with Gasteiger partial charge in [0.25, 0.3) is 11.5 Å². The van der Waals surface area contributed by atoms with E-state index in [1.807, 2.05) is 0 Å². The van der Waals surface area contributed by atoms with Crippen LogP contribution in [0.2, 0.25) is 0 Å². The molecule has 3 aromatic rings. The molecular weight excluding hydrogens is 386 g/mol. The first-order valence-electron chi connectivity index (χ1n) is 9.71. The lowest BCUT2D eigenvalue weighted by molar-refractivity contribution is -0.116. The van der Waals surface area contributed by atoms with E-state index in [9.17, 15) is 14.4 Å². The van der Waals surface area contributed by atoms with E-state index in [2.05, 4.69) is 15.6 Å². The van der Waals surface area contributed by atoms with Crippen molar-refractivity contribution in [2.75, 3.05) is 31.6 Å². The standard InChI is InChI=1S/C21H21N5O4/c27-19(8-9-26-21(29)17-6-1-2-7-18(17)23-24-26)22-16-5-3-4-15(14-16)20(28)25-10-12-30-13-11-25/h1-7,14H,8-13H2,(H,22,27). The minimum Gasteiger partial charge on any atom is -0.378 e. The largest absolute Gasteiger partial charge is 0.378 e. The van der Waals surface area contributed by atoms with Crippen molar-refractivity contribution in [3.8, 4) is 0 Å². The van der Waals surface area contributed by atoms with E-state index in [0.717, 1.165) is 0 Å². The Morgan fingerprint density at radius 3 is 2.70 bits per heavy atom. The van der Waals surface area contributed by atoms with E-state index in [4.69, 9.17) is 4.74 Å². The highest BCUT2D eigenvalue weighted by atomic mass is 16.5. The van der Waals surface area contributed by atoms with E-state index in [0.29, 0.717) is 48.5 Å². The quantitative estimate of drug-likeness (QED) is 0.683. The molecule has 0 radical (unpaired) electrons. The molecule has 9 nitrogen and oxygen atoms in total. The molecule has 0 spiro atoms. The molecule has 1 N–H and O–H groups in total. The fourth-order valence-corrected chi connectivity index (χ4v) is 3.28. The Morgan fingerprint density at radius 2 is 1.87 bits per heavy atom. The summed E-state index contributed by atoms with van der Waals surface area (Å²) in [7, 11) is 0. The van der Waals surface area contributed by atoms with Crippen LogP contribution in [-0.4, -0.2) is 58.0 Å². The van der Waals surface area contributed by atoms with Crippen LogP contribution in [0.1, 0.15) is 16.8 Å². The SMILES string of the molecule is O=C(CCn1nnc2ccccc2c1=O)Nc1cccc(C(=O)N2CCOCC2)c1. The molecule has 30 heavy (non-hydrogen) atoms. The smallest absolute Gasteiger partial charge is 0.277 e. The Kier molecular flexibility index (Phi) is 5.80. The number of hydrogen-bond acceptors (Lipinski definition) is 6. The minimum absolute atomic E-state index is 0.0502. The van der Waals surface area contributed by atoms with Gasteiger partial charge in [0.2, 0.25) is 5.91 Å². The average Bonchev–Trinajstić information content (AvgIpc) is 2.79. The Balaban J connectivity index is 1.39. The maximum Gasteiger partial charge on any atom is 0.277 e. The maximum atomic E-state index is 12.6. The van der Waals surface area contributed by atoms with E-state index in [1.165, 1.54) is 4.68 Å². The molecule has 9 heteroatoms. The Labute approximate surface area is 172 Å². The van der Waals surface area contributed by atoms with Crippen LogP contribution in [0.4, 0.5) is 5.69 Å². The van der Waals surface area contributed by atoms with Crippen LogP contribution in [0.15, 0.2) is 53.3 Å². The number of aromatic nitrogens is 3. The summed E-state index contributed by atoms with van der Waals surface area (Å²) in [6, 6.07) is 13.7. The lowest BCUT2D eigenvalue weighted by Crippen LogP contribution is -2.40. The van der Waals surface area contributed by atoms with Gasteiger partial charge in [-0.25, -0.2) is 4.68 Å². The van der Waals surface area contributed by atoms with Gasteiger partial charge in [0.15, 0.2) is 0 Å². The van der Waals surface area contributed by atoms with E-state index >= 15 is 0 Å². The second kappa shape index (κ2) is 8.83. The van der Waals surface area contributed by atoms with Crippen LogP contribution >= 0.6 is 0 Å². The van der Waals surface area contributed by atoms with Crippen molar-refractivity contribution in [1.29, 1.82) is 0 Å². The molecule has 1 aliphatic rings. The third kappa shape index (κ3) is 4.36. The number of carbonyl (C=O) groups is 2. The summed E-state index contributed by atoms with van der Waals surface area (Å²) in [6.07, 6.45) is 0.0502. The van der Waals surface area contributed by atoms with Crippen molar-refractivity contribution in [3.05, 3.63) is 64.4 Å². The van der Waals surface area contributed by atoms with Crippen LogP contribution in [0.3, 0.4) is 0 Å². The number of fused-ring (bicyclic) bond motifs is 1. The monoisotopic (exact) mass is 407 g/mol. The van der Waals surface area contributed by atoms with Crippen molar-refractivity contribution in [1.82, 2.24) is 19.9 Å². The van der Waals surface area contributed by atoms with E-state index < -0.39 is 0 Å². The van der Waals surface area contributed by atoms with Gasteiger partial charge in [0.1, 0.15) is 5.52 Å². The molecule has 2 amide bonds. The number of amides is 2. The zero-order valence-corrected chi connectivity index (χ0v) is 16.3. The van der Waals surface area contributed by atoms with Crippen LogP contribution in [0, 0.1) is 0 Å². The van der Waals surface area contributed by atoms with Crippen molar-refractivity contribution in [2.24, 2.45) is 0 Å². The van der Waals surface area contributed by atoms with Gasteiger partial charge in [0.05, 0.1) is 25.1 Å². The molecular formula is C21H21N5O4. The van der Waals surface area contributed by atoms with E-state index in [1.54, 1.807) is 53.4 Å². The van der Waals surface area contributed by atoms with Crippen molar-refractivity contribution in [2.45, 2.75) is 13.0 Å². The highest BCUT2D eigenvalue weighted by Gasteiger charge is 2.19. The maximum absolute atomic E-state index is 12.6. The van der Waals surface area contributed by atoms with Gasteiger partial charge in [-0.05, 0) is 30.3 Å². The number of ether oxygens (including phenoxy) is 1. The lowest BCUT2D eigenvalue weighted by atomic mass is 10.1. The van der Waals surface area contributed by atoms with E-state index in [-0.39, 0.29) is 30.3 Å². The number of carbonyl (C=O) groups excluding carboxylic acids is 2. The van der Waals surface area contributed by atoms with Crippen molar-refractivity contribution >= 4 is 28.4 Å². The second-order valence-electron chi connectivity index (χ2n) is 6.92. The van der Waals surface area contributed by atoms with Gasteiger partial charge in [0, 0.05) is 30.8 Å². The number of nitrogens with one attached hydrogen (secondary N) is 1. The third-order valence-corrected chi connectivity index (χ3v) is 4.87. The van der Waals surface area contributed by atoms with Gasteiger partial charge in [-0.2, -0.15) is 0 Å². The number of hydrogen-bond donors (Lipinski definition) is 1. The van der Waals surface area contributed by atoms with Crippen LogP contribution in [0.5, 0.6) is 0 Å². The summed E-state index contributed by atoms with van der Waals surface area (Å²) >= 11 is 0. The number of benzene rings is 2. The molecule has 0 unspecified atom stereocenters. The number of anilines is 1. The molecule has 2 heterocycles. The third-order valence-electron chi connectivity index (χ3n) is 4.87. The summed E-state index contributed by atoms with van der Waals surface area (Å²) in [4.78, 5) is 39.1. The van der Waals surface area contributed by atoms with Crippen LogP contribution in [-0.2, 0) is 16.1 Å². The predicted molar refractivity (Wildman–Crippen MR) is 110 cm³/mol. The van der Waals surface area contributed by atoms with Crippen LogP contribution in [0.25, 0.3) is 10.9 Å². The second-order valence-corrected chi connectivity index (χ2v) is 6.92. The topological polar surface area (TPSA) is 106 Å². The Bertz CT molecular complexity index is 1140. The molecule has 2 aromatic carbocycles. The molecule has 0 atom stereocenters. The first kappa shape index (κ1) is 19.7. The predicted octanol–water partition coefficient (Wildman–Crippen LogP) is 1.29. The molecule has 1 saturated heterocycles. The molecule has 0 bridgehead atoms. The van der Waals surface area contributed by atoms with Gasteiger partial charge in [-0.3, -0.25) is 14.4 Å². The summed E-state index contributed by atoms with van der Waals surface area (Å²) < 4.78 is 6.45. The fourth-order valence-electron chi connectivity index (χ4n) is 3.28. The molecule has 1 fully saturated rings. The summed E-state index contributed by atoms with van der Waals surface area (Å²) in [5.41, 5.74) is 1.26. The molecule has 0 aliphatic carbocycles. The molecule has 154 valence electrons. The van der Waals surface area contributed by atoms with Gasteiger partial charge in [-0.15, -0.1) is 5.10 Å². The first-order valence-corrected chi connectivity index (χ1v) is 9.71. The molecule has 4 rings (SSSR count). The number of aryl methyl sites for hydroxylation is 1. The Morgan fingerprint density at radius 1 is 1.07 bits per heavy atom. The molecule has 0 saturated carbocycles. The summed E-state index contributed by atoms with van der Waals surface area (Å²) in [6.45, 7) is 2.27. The number of nitrogens with zero attached hydrogens (tertiary/aromatic N) is 4. The Hall–Kier alpha value is -3.59. The fraction of sp³-hybridized carbons (Fsp3) is 0.286. The van der Waals surface area contributed by atoms with Gasteiger partial charge < -0.3 is 15.0 Å². The zero-order chi connectivity index (χ0) is 20.9. The summed E-state index contributed by atoms with van der Waals surface area (Å²) in [5.74, 6) is -0.375. The molecule has 1 aliphatic heterocycles. The first-order chi connectivity index (χ1) is 14.6. The highest BCUT2D eigenvalue weighted by molar-refractivity contribution is 5.97. The molecule has 1 aromatic heterocycles. The number of rotatable bonds is 5. The normalized spacial score (nSPS) is 13.9. The highest BCUT2D eigenvalue weighted by Crippen LogP contribution is 2.14. The van der Waals surface area contributed by atoms with Crippen molar-refractivity contribution < 1.29 is 14.3 Å². The summed E-state index contributed by atoms with van der Waals surface area (Å²) in [5, 5.41) is 11.1. The number of morpholine rings is 1. The van der Waals surface area contributed by atoms with Crippen molar-refractivity contribution in [3.63, 3.8) is 0 Å². The van der Waals surface area contributed by atoms with Crippen LogP contribution < -0.4 is 10.9 Å². The van der Waals surface area contributed by atoms with Gasteiger partial charge in [-0.1, -0.05) is 23.4 Å². The van der Waals surface area contributed by atoms with Gasteiger partial charge >= 0.3 is 0 Å². The average molecular weight is 407 g/mol. The lowest BCUT2D eigenvalue weighted by Gasteiger charge is -2.27. The zero-order valence-electron chi connectivity index (χ0n) is 16.3. The minimum atomic E-state index is -0.286.